The lowest BCUT2D eigenvalue weighted by Crippen LogP contribution is -2.59. The van der Waals surface area contributed by atoms with Crippen molar-refractivity contribution in [3.63, 3.8) is 0 Å². The molecule has 0 bridgehead atoms. The lowest BCUT2D eigenvalue weighted by molar-refractivity contribution is -0.256. The molecule has 1 fully saturated rings. The van der Waals surface area contributed by atoms with E-state index in [0.29, 0.717) is 19.8 Å². The molecule has 180 valence electrons. The Kier molecular flexibility index (Phi) is 9.21. The molecule has 4 rings (SSSR count). The molecule has 6 nitrogen and oxygen atoms in total. The van der Waals surface area contributed by atoms with Crippen molar-refractivity contribution in [2.45, 2.75) is 50.3 Å². The third-order valence-corrected chi connectivity index (χ3v) is 5.91. The highest BCUT2D eigenvalue weighted by atomic mass is 16.6. The van der Waals surface area contributed by atoms with E-state index >= 15 is 0 Å². The molecular formula is C28H32O6. The van der Waals surface area contributed by atoms with E-state index in [1.165, 1.54) is 0 Å². The van der Waals surface area contributed by atoms with Gasteiger partial charge in [0.2, 0.25) is 0 Å². The summed E-state index contributed by atoms with van der Waals surface area (Å²) in [6, 6.07) is 29.6. The summed E-state index contributed by atoms with van der Waals surface area (Å²) in [7, 11) is 0. The largest absolute Gasteiger partial charge is 0.394 e. The smallest absolute Gasteiger partial charge is 0.115 e. The zero-order valence-corrected chi connectivity index (χ0v) is 19.1. The van der Waals surface area contributed by atoms with Gasteiger partial charge in [-0.15, -0.1) is 0 Å². The molecule has 0 radical (unpaired) electrons. The van der Waals surface area contributed by atoms with Crippen molar-refractivity contribution in [3.05, 3.63) is 108 Å². The van der Waals surface area contributed by atoms with Crippen LogP contribution in [-0.2, 0) is 38.8 Å². The van der Waals surface area contributed by atoms with Crippen molar-refractivity contribution in [1.82, 2.24) is 0 Å². The minimum atomic E-state index is -1.10. The van der Waals surface area contributed by atoms with Crippen LogP contribution < -0.4 is 0 Å². The fourth-order valence-corrected chi connectivity index (χ4v) is 4.07. The quantitative estimate of drug-likeness (QED) is 0.452. The molecule has 0 unspecified atom stereocenters. The molecule has 1 saturated heterocycles. The Labute approximate surface area is 200 Å². The van der Waals surface area contributed by atoms with Crippen LogP contribution in [0.5, 0.6) is 0 Å². The molecule has 0 spiro atoms. The highest BCUT2D eigenvalue weighted by Gasteiger charge is 2.45. The summed E-state index contributed by atoms with van der Waals surface area (Å²) in [5.41, 5.74) is 3.06. The molecule has 0 aromatic heterocycles. The Morgan fingerprint density at radius 2 is 1.12 bits per heavy atom. The molecule has 0 amide bonds. The van der Waals surface area contributed by atoms with Crippen LogP contribution in [0, 0.1) is 0 Å². The molecular weight excluding hydrogens is 432 g/mol. The highest BCUT2D eigenvalue weighted by Crippen LogP contribution is 2.28. The molecule has 3 aromatic rings. The molecule has 3 aromatic carbocycles. The Balaban J connectivity index is 1.54. The van der Waals surface area contributed by atoms with Crippen LogP contribution >= 0.6 is 0 Å². The van der Waals surface area contributed by atoms with Crippen LogP contribution in [0.2, 0.25) is 0 Å². The fourth-order valence-electron chi connectivity index (χ4n) is 4.07. The van der Waals surface area contributed by atoms with Crippen molar-refractivity contribution >= 4 is 0 Å². The van der Waals surface area contributed by atoms with Gasteiger partial charge in [-0.25, -0.2) is 0 Å². The summed E-state index contributed by atoms with van der Waals surface area (Å²) in [6.07, 6.45) is -3.40. The van der Waals surface area contributed by atoms with Gasteiger partial charge in [0.05, 0.1) is 33.0 Å². The molecule has 6 heteroatoms. The van der Waals surface area contributed by atoms with Gasteiger partial charge in [-0.3, -0.25) is 0 Å². The van der Waals surface area contributed by atoms with Crippen molar-refractivity contribution in [1.29, 1.82) is 0 Å². The first-order chi connectivity index (χ1) is 16.7. The van der Waals surface area contributed by atoms with E-state index in [-0.39, 0.29) is 6.61 Å². The molecule has 1 aliphatic heterocycles. The Hall–Kier alpha value is -2.58. The summed E-state index contributed by atoms with van der Waals surface area (Å²) >= 11 is 0. The summed E-state index contributed by atoms with van der Waals surface area (Å²) in [5, 5.41) is 20.1. The van der Waals surface area contributed by atoms with Crippen LogP contribution in [-0.4, -0.2) is 53.9 Å². The van der Waals surface area contributed by atoms with Crippen LogP contribution in [0.4, 0.5) is 0 Å². The average molecular weight is 465 g/mol. The molecule has 34 heavy (non-hydrogen) atoms. The van der Waals surface area contributed by atoms with Gasteiger partial charge in [-0.1, -0.05) is 91.0 Å². The average Bonchev–Trinajstić information content (AvgIpc) is 2.91. The number of hydrogen-bond donors (Lipinski definition) is 2. The first-order valence-corrected chi connectivity index (χ1v) is 11.6. The van der Waals surface area contributed by atoms with Gasteiger partial charge in [0.15, 0.2) is 0 Å². The van der Waals surface area contributed by atoms with E-state index in [2.05, 4.69) is 0 Å². The first-order valence-electron chi connectivity index (χ1n) is 11.6. The predicted molar refractivity (Wildman–Crippen MR) is 128 cm³/mol. The maximum Gasteiger partial charge on any atom is 0.115 e. The molecule has 1 aliphatic rings. The number of ether oxygens (including phenoxy) is 4. The third kappa shape index (κ3) is 6.73. The van der Waals surface area contributed by atoms with Gasteiger partial charge in [0.25, 0.3) is 0 Å². The topological polar surface area (TPSA) is 77.4 Å². The van der Waals surface area contributed by atoms with Crippen LogP contribution in [0.25, 0.3) is 0 Å². The van der Waals surface area contributed by atoms with Crippen molar-refractivity contribution in [2.24, 2.45) is 0 Å². The zero-order valence-electron chi connectivity index (χ0n) is 19.1. The SMILES string of the molecule is OC[C@@H](O)[C@H]1OC[C@@H](OCc2ccccc2)[C@@H](OCc2ccccc2)[C@@H]1OCc1ccccc1. The van der Waals surface area contributed by atoms with E-state index in [1.54, 1.807) is 0 Å². The lowest BCUT2D eigenvalue weighted by atomic mass is 9.95. The first kappa shape index (κ1) is 24.5. The number of rotatable bonds is 11. The number of benzene rings is 3. The minimum absolute atomic E-state index is 0.221. The van der Waals surface area contributed by atoms with Crippen LogP contribution in [0.3, 0.4) is 0 Å². The van der Waals surface area contributed by atoms with Crippen molar-refractivity contribution in [3.8, 4) is 0 Å². The summed E-state index contributed by atoms with van der Waals surface area (Å²) in [6.45, 7) is 0.874. The Bertz CT molecular complexity index is 952. The highest BCUT2D eigenvalue weighted by molar-refractivity contribution is 5.15. The van der Waals surface area contributed by atoms with Crippen molar-refractivity contribution in [2.75, 3.05) is 13.2 Å². The van der Waals surface area contributed by atoms with Gasteiger partial charge in [-0.05, 0) is 16.7 Å². The Morgan fingerprint density at radius 1 is 0.676 bits per heavy atom. The van der Waals surface area contributed by atoms with Gasteiger partial charge >= 0.3 is 0 Å². The van der Waals surface area contributed by atoms with E-state index in [1.807, 2.05) is 91.0 Å². The third-order valence-electron chi connectivity index (χ3n) is 5.91. The second-order valence-electron chi connectivity index (χ2n) is 8.41. The molecule has 0 aliphatic carbocycles. The van der Waals surface area contributed by atoms with Crippen LogP contribution in [0.1, 0.15) is 16.7 Å². The monoisotopic (exact) mass is 464 g/mol. The minimum Gasteiger partial charge on any atom is -0.394 e. The standard InChI is InChI=1S/C28H32O6/c29-16-24(30)26-28(33-19-23-14-8-3-9-15-23)27(32-18-22-12-6-2-7-13-22)25(20-34-26)31-17-21-10-4-1-5-11-21/h1-15,24-30H,16-20H2/t24-,25-,26-,27-,28-/m1/s1. The fraction of sp³-hybridized carbons (Fsp3) is 0.357. The van der Waals surface area contributed by atoms with Crippen LogP contribution in [0.15, 0.2) is 91.0 Å². The van der Waals surface area contributed by atoms with Gasteiger partial charge in [-0.2, -0.15) is 0 Å². The summed E-state index contributed by atoms with van der Waals surface area (Å²) in [4.78, 5) is 0. The lowest BCUT2D eigenvalue weighted by Gasteiger charge is -2.43. The summed E-state index contributed by atoms with van der Waals surface area (Å²) in [5.74, 6) is 0. The zero-order chi connectivity index (χ0) is 23.6. The van der Waals surface area contributed by atoms with Gasteiger partial charge < -0.3 is 29.2 Å². The van der Waals surface area contributed by atoms with E-state index < -0.39 is 37.1 Å². The van der Waals surface area contributed by atoms with Crippen molar-refractivity contribution < 1.29 is 29.2 Å². The normalized spacial score (nSPS) is 23.5. The van der Waals surface area contributed by atoms with Gasteiger partial charge in [0, 0.05) is 0 Å². The maximum absolute atomic E-state index is 10.5. The summed E-state index contributed by atoms with van der Waals surface area (Å²) < 4.78 is 24.9. The number of aliphatic hydroxyl groups excluding tert-OH is 2. The van der Waals surface area contributed by atoms with E-state index in [4.69, 9.17) is 18.9 Å². The van der Waals surface area contributed by atoms with Gasteiger partial charge in [0.1, 0.15) is 30.5 Å². The van der Waals surface area contributed by atoms with E-state index in [9.17, 15) is 10.2 Å². The van der Waals surface area contributed by atoms with E-state index in [0.717, 1.165) is 16.7 Å². The maximum atomic E-state index is 10.5. The molecule has 2 N–H and O–H groups in total. The molecule has 5 atom stereocenters. The second kappa shape index (κ2) is 12.8. The number of hydrogen-bond acceptors (Lipinski definition) is 6. The Morgan fingerprint density at radius 3 is 1.59 bits per heavy atom. The molecule has 0 saturated carbocycles. The molecule has 1 heterocycles. The second-order valence-corrected chi connectivity index (χ2v) is 8.41. The predicted octanol–water partition coefficient (Wildman–Crippen LogP) is 3.49. The number of aliphatic hydroxyl groups is 2.